The molecule has 21 heavy (non-hydrogen) atoms. The lowest BCUT2D eigenvalue weighted by atomic mass is 9.97. The van der Waals surface area contributed by atoms with Gasteiger partial charge < -0.3 is 9.47 Å². The Balaban J connectivity index is 2.02. The SMILES string of the molecule is COc1cc(C)c2c(n1)OC1C(=O)N(C(C)(C)C)C=NC21. The third-order valence-electron chi connectivity index (χ3n) is 3.78. The number of aryl methyl sites for hydroxylation is 1. The zero-order valence-corrected chi connectivity index (χ0v) is 12.9. The molecule has 0 aliphatic carbocycles. The summed E-state index contributed by atoms with van der Waals surface area (Å²) in [6.07, 6.45) is 0.980. The lowest BCUT2D eigenvalue weighted by Gasteiger charge is -2.36. The van der Waals surface area contributed by atoms with E-state index in [1.165, 1.54) is 0 Å². The standard InChI is InChI=1S/C15H19N3O3/c1-8-6-9(20-5)17-13-10(8)11-12(21-13)14(19)18(7-16-11)15(2,3)4/h6-7,11-12H,1-5H3. The summed E-state index contributed by atoms with van der Waals surface area (Å²) in [7, 11) is 1.56. The van der Waals surface area contributed by atoms with Crippen LogP contribution in [0.4, 0.5) is 0 Å². The van der Waals surface area contributed by atoms with Crippen molar-refractivity contribution in [3.05, 3.63) is 17.2 Å². The molecule has 1 aromatic rings. The van der Waals surface area contributed by atoms with Crippen LogP contribution in [0.5, 0.6) is 11.8 Å². The predicted molar refractivity (Wildman–Crippen MR) is 77.8 cm³/mol. The average Bonchev–Trinajstić information content (AvgIpc) is 2.77. The van der Waals surface area contributed by atoms with Crippen molar-refractivity contribution in [3.8, 4) is 11.8 Å². The van der Waals surface area contributed by atoms with Crippen molar-refractivity contribution in [1.29, 1.82) is 0 Å². The van der Waals surface area contributed by atoms with Crippen molar-refractivity contribution < 1.29 is 14.3 Å². The average molecular weight is 289 g/mol. The van der Waals surface area contributed by atoms with E-state index in [2.05, 4.69) is 9.98 Å². The maximum absolute atomic E-state index is 12.6. The van der Waals surface area contributed by atoms with Crippen molar-refractivity contribution in [2.45, 2.75) is 45.4 Å². The van der Waals surface area contributed by atoms with Crippen molar-refractivity contribution in [1.82, 2.24) is 9.88 Å². The Kier molecular flexibility index (Phi) is 2.93. The van der Waals surface area contributed by atoms with Gasteiger partial charge in [0.2, 0.25) is 17.9 Å². The van der Waals surface area contributed by atoms with E-state index in [9.17, 15) is 4.79 Å². The quantitative estimate of drug-likeness (QED) is 0.791. The Morgan fingerprint density at radius 1 is 1.38 bits per heavy atom. The van der Waals surface area contributed by atoms with Crippen LogP contribution >= 0.6 is 0 Å². The van der Waals surface area contributed by atoms with Gasteiger partial charge in [-0.2, -0.15) is 4.98 Å². The fourth-order valence-electron chi connectivity index (χ4n) is 2.69. The number of aromatic nitrogens is 1. The summed E-state index contributed by atoms with van der Waals surface area (Å²) >= 11 is 0. The second-order valence-corrected chi connectivity index (χ2v) is 6.33. The molecule has 6 nitrogen and oxygen atoms in total. The van der Waals surface area contributed by atoms with Crippen LogP contribution in [-0.4, -0.2) is 40.9 Å². The minimum atomic E-state index is -0.637. The number of amides is 1. The minimum Gasteiger partial charge on any atom is -0.481 e. The van der Waals surface area contributed by atoms with E-state index in [1.54, 1.807) is 18.3 Å². The van der Waals surface area contributed by atoms with Crippen LogP contribution in [0.3, 0.4) is 0 Å². The Morgan fingerprint density at radius 2 is 2.10 bits per heavy atom. The highest BCUT2D eigenvalue weighted by atomic mass is 16.5. The molecule has 2 aliphatic heterocycles. The van der Waals surface area contributed by atoms with E-state index in [0.717, 1.165) is 11.1 Å². The number of aliphatic imine (C=N–C) groups is 1. The first-order valence-electron chi connectivity index (χ1n) is 6.91. The first kappa shape index (κ1) is 13.9. The molecular weight excluding hydrogens is 270 g/mol. The van der Waals surface area contributed by atoms with Gasteiger partial charge in [-0.3, -0.25) is 14.7 Å². The molecule has 1 aromatic heterocycles. The number of hydrogen-bond acceptors (Lipinski definition) is 5. The lowest BCUT2D eigenvalue weighted by molar-refractivity contribution is -0.139. The van der Waals surface area contributed by atoms with Crippen molar-refractivity contribution >= 4 is 12.2 Å². The Bertz CT molecular complexity index is 634. The second-order valence-electron chi connectivity index (χ2n) is 6.33. The number of hydrogen-bond donors (Lipinski definition) is 0. The smallest absolute Gasteiger partial charge is 0.271 e. The summed E-state index contributed by atoms with van der Waals surface area (Å²) in [6.45, 7) is 7.84. The molecule has 3 heterocycles. The fourth-order valence-corrected chi connectivity index (χ4v) is 2.69. The molecular formula is C15H19N3O3. The van der Waals surface area contributed by atoms with Gasteiger partial charge in [-0.25, -0.2) is 0 Å². The van der Waals surface area contributed by atoms with Gasteiger partial charge in [-0.05, 0) is 33.3 Å². The van der Waals surface area contributed by atoms with Crippen LogP contribution in [0.2, 0.25) is 0 Å². The molecule has 0 bridgehead atoms. The molecule has 3 rings (SSSR count). The molecule has 0 radical (unpaired) electrons. The first-order valence-corrected chi connectivity index (χ1v) is 6.91. The van der Waals surface area contributed by atoms with E-state index in [0.29, 0.717) is 11.8 Å². The molecule has 112 valence electrons. The van der Waals surface area contributed by atoms with E-state index < -0.39 is 6.10 Å². The summed E-state index contributed by atoms with van der Waals surface area (Å²) in [5.41, 5.74) is 1.52. The normalized spacial score (nSPS) is 23.7. The van der Waals surface area contributed by atoms with Crippen LogP contribution < -0.4 is 9.47 Å². The summed E-state index contributed by atoms with van der Waals surface area (Å²) in [4.78, 5) is 23.1. The first-order chi connectivity index (χ1) is 9.82. The molecule has 0 aromatic carbocycles. The molecule has 2 unspecified atom stereocenters. The van der Waals surface area contributed by atoms with Gasteiger partial charge in [0.1, 0.15) is 6.04 Å². The number of fused-ring (bicyclic) bond motifs is 3. The topological polar surface area (TPSA) is 64.0 Å². The van der Waals surface area contributed by atoms with Crippen LogP contribution in [0.1, 0.15) is 37.9 Å². The number of nitrogens with zero attached hydrogens (tertiary/aromatic N) is 3. The Morgan fingerprint density at radius 3 is 2.71 bits per heavy atom. The molecule has 0 fully saturated rings. The second kappa shape index (κ2) is 4.44. The van der Waals surface area contributed by atoms with E-state index in [1.807, 2.05) is 33.8 Å². The summed E-state index contributed by atoms with van der Waals surface area (Å²) in [6, 6.07) is 1.52. The van der Waals surface area contributed by atoms with Gasteiger partial charge in [-0.1, -0.05) is 0 Å². The molecule has 0 N–H and O–H groups in total. The van der Waals surface area contributed by atoms with Crippen LogP contribution in [0, 0.1) is 6.92 Å². The van der Waals surface area contributed by atoms with Gasteiger partial charge in [0.25, 0.3) is 5.91 Å². The number of carbonyl (C=O) groups excluding carboxylic acids is 1. The number of methoxy groups -OCH3 is 1. The van der Waals surface area contributed by atoms with E-state index >= 15 is 0 Å². The minimum absolute atomic E-state index is 0.0844. The number of pyridine rings is 1. The summed E-state index contributed by atoms with van der Waals surface area (Å²) in [5.74, 6) is 0.843. The fraction of sp³-hybridized carbons (Fsp3) is 0.533. The molecule has 2 atom stereocenters. The molecule has 2 aliphatic rings. The largest absolute Gasteiger partial charge is 0.481 e. The predicted octanol–water partition coefficient (Wildman–Crippen LogP) is 1.87. The molecule has 0 saturated heterocycles. The Hall–Kier alpha value is -2.11. The highest BCUT2D eigenvalue weighted by Crippen LogP contribution is 2.43. The highest BCUT2D eigenvalue weighted by Gasteiger charge is 2.47. The number of rotatable bonds is 1. The Labute approximate surface area is 123 Å². The number of carbonyl (C=O) groups is 1. The van der Waals surface area contributed by atoms with Gasteiger partial charge in [-0.15, -0.1) is 0 Å². The zero-order valence-electron chi connectivity index (χ0n) is 12.9. The molecule has 6 heteroatoms. The lowest BCUT2D eigenvalue weighted by Crippen LogP contribution is -2.53. The van der Waals surface area contributed by atoms with E-state index in [4.69, 9.17) is 9.47 Å². The third kappa shape index (κ3) is 2.05. The van der Waals surface area contributed by atoms with Crippen molar-refractivity contribution in [3.63, 3.8) is 0 Å². The van der Waals surface area contributed by atoms with Crippen LogP contribution in [0.15, 0.2) is 11.1 Å². The van der Waals surface area contributed by atoms with Gasteiger partial charge in [0.15, 0.2) is 0 Å². The van der Waals surface area contributed by atoms with Crippen LogP contribution in [-0.2, 0) is 4.79 Å². The summed E-state index contributed by atoms with van der Waals surface area (Å²) < 4.78 is 10.9. The van der Waals surface area contributed by atoms with Crippen molar-refractivity contribution in [2.24, 2.45) is 4.99 Å². The monoisotopic (exact) mass is 289 g/mol. The molecule has 0 saturated carbocycles. The van der Waals surface area contributed by atoms with E-state index in [-0.39, 0.29) is 17.5 Å². The molecule has 1 amide bonds. The van der Waals surface area contributed by atoms with Gasteiger partial charge in [0.05, 0.1) is 13.4 Å². The van der Waals surface area contributed by atoms with Crippen molar-refractivity contribution in [2.75, 3.05) is 7.11 Å². The summed E-state index contributed by atoms with van der Waals surface area (Å²) in [5, 5.41) is 0. The van der Waals surface area contributed by atoms with Gasteiger partial charge >= 0.3 is 0 Å². The zero-order chi connectivity index (χ0) is 15.4. The maximum Gasteiger partial charge on any atom is 0.271 e. The van der Waals surface area contributed by atoms with Gasteiger partial charge in [0, 0.05) is 17.2 Å². The highest BCUT2D eigenvalue weighted by molar-refractivity contribution is 5.95. The number of ether oxygens (including phenoxy) is 2. The third-order valence-corrected chi connectivity index (χ3v) is 3.78. The van der Waals surface area contributed by atoms with Crippen LogP contribution in [0.25, 0.3) is 0 Å². The maximum atomic E-state index is 12.6. The molecule has 0 spiro atoms.